The van der Waals surface area contributed by atoms with E-state index in [1.165, 1.54) is 5.56 Å². The average molecular weight is 326 g/mol. The maximum Gasteiger partial charge on any atom is 0.142 e. The topological polar surface area (TPSA) is 54.6 Å². The first-order valence-electron chi connectivity index (χ1n) is 8.66. The van der Waals surface area contributed by atoms with Crippen LogP contribution in [0.1, 0.15) is 12.5 Å². The number of nitrogens with two attached hydrogens (primary N) is 1. The molecule has 0 radical (unpaired) electrons. The van der Waals surface area contributed by atoms with E-state index in [-0.39, 0.29) is 0 Å². The number of anilines is 2. The van der Waals surface area contributed by atoms with Crippen LogP contribution in [-0.4, -0.2) is 49.2 Å². The largest absolute Gasteiger partial charge is 0.492 e. The maximum atomic E-state index is 6.05. The van der Waals surface area contributed by atoms with Gasteiger partial charge >= 0.3 is 0 Å². The van der Waals surface area contributed by atoms with Gasteiger partial charge in [0.15, 0.2) is 0 Å². The fraction of sp³-hybridized carbons (Fsp3) is 0.421. The number of ether oxygens (including phenoxy) is 1. The molecule has 5 nitrogen and oxygen atoms in total. The van der Waals surface area contributed by atoms with E-state index in [2.05, 4.69) is 26.9 Å². The van der Waals surface area contributed by atoms with Gasteiger partial charge in [-0.05, 0) is 43.2 Å². The summed E-state index contributed by atoms with van der Waals surface area (Å²) in [6.07, 6.45) is 2.87. The Labute approximate surface area is 144 Å². The molecule has 1 aromatic heterocycles. The molecule has 1 aliphatic rings. The smallest absolute Gasteiger partial charge is 0.142 e. The van der Waals surface area contributed by atoms with Crippen LogP contribution >= 0.6 is 0 Å². The van der Waals surface area contributed by atoms with Crippen molar-refractivity contribution >= 4 is 11.5 Å². The zero-order valence-corrected chi connectivity index (χ0v) is 14.3. The lowest BCUT2D eigenvalue weighted by Gasteiger charge is -2.35. The number of piperazine rings is 1. The Morgan fingerprint density at radius 2 is 1.96 bits per heavy atom. The second-order valence-corrected chi connectivity index (χ2v) is 6.07. The van der Waals surface area contributed by atoms with Crippen molar-refractivity contribution in [3.63, 3.8) is 0 Å². The first-order valence-corrected chi connectivity index (χ1v) is 8.66. The summed E-state index contributed by atoms with van der Waals surface area (Å²) in [5.41, 5.74) is 8.04. The molecule has 128 valence electrons. The fourth-order valence-corrected chi connectivity index (χ4v) is 3.07. The van der Waals surface area contributed by atoms with Gasteiger partial charge in [0, 0.05) is 38.9 Å². The van der Waals surface area contributed by atoms with Crippen molar-refractivity contribution in [2.45, 2.75) is 13.3 Å². The van der Waals surface area contributed by atoms with Gasteiger partial charge in [0.25, 0.3) is 0 Å². The summed E-state index contributed by atoms with van der Waals surface area (Å²) in [5.74, 6) is 1.86. The summed E-state index contributed by atoms with van der Waals surface area (Å²) in [5, 5.41) is 0. The molecular formula is C19H26N4O. The predicted molar refractivity (Wildman–Crippen MR) is 98.6 cm³/mol. The molecule has 0 spiro atoms. The molecule has 0 bridgehead atoms. The minimum Gasteiger partial charge on any atom is -0.492 e. The lowest BCUT2D eigenvalue weighted by Crippen LogP contribution is -2.47. The van der Waals surface area contributed by atoms with Crippen LogP contribution in [0.4, 0.5) is 11.5 Å². The molecule has 24 heavy (non-hydrogen) atoms. The van der Waals surface area contributed by atoms with E-state index in [0.29, 0.717) is 6.61 Å². The SMILES string of the molecule is CCOc1ccc(CCN2CCN(c3ccccn3)CC2)cc1N. The highest BCUT2D eigenvalue weighted by Gasteiger charge is 2.17. The lowest BCUT2D eigenvalue weighted by molar-refractivity contribution is 0.260. The van der Waals surface area contributed by atoms with Crippen molar-refractivity contribution in [2.75, 3.05) is 50.0 Å². The molecule has 1 aromatic carbocycles. The molecule has 3 rings (SSSR count). The van der Waals surface area contributed by atoms with Gasteiger partial charge in [0.1, 0.15) is 11.6 Å². The number of hydrogen-bond acceptors (Lipinski definition) is 5. The van der Waals surface area contributed by atoms with Crippen LogP contribution in [0.15, 0.2) is 42.6 Å². The van der Waals surface area contributed by atoms with Crippen molar-refractivity contribution < 1.29 is 4.74 Å². The fourth-order valence-electron chi connectivity index (χ4n) is 3.07. The van der Waals surface area contributed by atoms with Gasteiger partial charge in [-0.3, -0.25) is 4.90 Å². The Bertz CT molecular complexity index is 639. The first-order chi connectivity index (χ1) is 11.8. The number of nitrogens with zero attached hydrogens (tertiary/aromatic N) is 3. The van der Waals surface area contributed by atoms with Crippen molar-refractivity contribution in [1.82, 2.24) is 9.88 Å². The number of hydrogen-bond donors (Lipinski definition) is 1. The normalized spacial score (nSPS) is 15.5. The molecule has 1 saturated heterocycles. The van der Waals surface area contributed by atoms with Gasteiger partial charge in [-0.15, -0.1) is 0 Å². The maximum absolute atomic E-state index is 6.05. The Morgan fingerprint density at radius 3 is 2.62 bits per heavy atom. The molecule has 5 heteroatoms. The molecule has 2 aromatic rings. The number of nitrogen functional groups attached to an aromatic ring is 1. The summed E-state index contributed by atoms with van der Waals surface area (Å²) < 4.78 is 5.49. The van der Waals surface area contributed by atoms with E-state index in [0.717, 1.165) is 56.4 Å². The lowest BCUT2D eigenvalue weighted by atomic mass is 10.1. The Morgan fingerprint density at radius 1 is 1.12 bits per heavy atom. The number of pyridine rings is 1. The van der Waals surface area contributed by atoms with E-state index in [4.69, 9.17) is 10.5 Å². The molecule has 1 fully saturated rings. The van der Waals surface area contributed by atoms with E-state index in [1.807, 2.05) is 37.4 Å². The Kier molecular flexibility index (Phi) is 5.54. The van der Waals surface area contributed by atoms with Crippen LogP contribution in [0.2, 0.25) is 0 Å². The molecule has 0 atom stereocenters. The third kappa shape index (κ3) is 4.17. The van der Waals surface area contributed by atoms with Gasteiger partial charge < -0.3 is 15.4 Å². The molecule has 2 heterocycles. The molecular weight excluding hydrogens is 300 g/mol. The van der Waals surface area contributed by atoms with Crippen molar-refractivity contribution in [3.8, 4) is 5.75 Å². The Balaban J connectivity index is 1.47. The van der Waals surface area contributed by atoms with E-state index >= 15 is 0 Å². The average Bonchev–Trinajstić information content (AvgIpc) is 2.63. The van der Waals surface area contributed by atoms with Gasteiger partial charge in [0.2, 0.25) is 0 Å². The number of aromatic nitrogens is 1. The molecule has 0 amide bonds. The van der Waals surface area contributed by atoms with Gasteiger partial charge in [-0.25, -0.2) is 4.98 Å². The van der Waals surface area contributed by atoms with Gasteiger partial charge in [-0.1, -0.05) is 12.1 Å². The molecule has 2 N–H and O–H groups in total. The highest BCUT2D eigenvalue weighted by molar-refractivity contribution is 5.54. The number of rotatable bonds is 6. The third-order valence-electron chi connectivity index (χ3n) is 4.44. The molecule has 0 saturated carbocycles. The first kappa shape index (κ1) is 16.6. The second kappa shape index (κ2) is 8.02. The van der Waals surface area contributed by atoms with E-state index in [9.17, 15) is 0 Å². The Hall–Kier alpha value is -2.27. The monoisotopic (exact) mass is 326 g/mol. The quantitative estimate of drug-likeness (QED) is 0.826. The summed E-state index contributed by atoms with van der Waals surface area (Å²) in [7, 11) is 0. The zero-order chi connectivity index (χ0) is 16.8. The van der Waals surface area contributed by atoms with E-state index in [1.54, 1.807) is 0 Å². The van der Waals surface area contributed by atoms with Crippen LogP contribution in [-0.2, 0) is 6.42 Å². The zero-order valence-electron chi connectivity index (χ0n) is 14.3. The summed E-state index contributed by atoms with van der Waals surface area (Å²) in [6.45, 7) is 7.88. The van der Waals surface area contributed by atoms with Crippen molar-refractivity contribution in [3.05, 3.63) is 48.2 Å². The highest BCUT2D eigenvalue weighted by Crippen LogP contribution is 2.23. The molecule has 0 unspecified atom stereocenters. The van der Waals surface area contributed by atoms with Crippen LogP contribution in [0.25, 0.3) is 0 Å². The van der Waals surface area contributed by atoms with Crippen molar-refractivity contribution in [1.29, 1.82) is 0 Å². The van der Waals surface area contributed by atoms with Crippen LogP contribution in [0, 0.1) is 0 Å². The highest BCUT2D eigenvalue weighted by atomic mass is 16.5. The van der Waals surface area contributed by atoms with Gasteiger partial charge in [-0.2, -0.15) is 0 Å². The standard InChI is InChI=1S/C19H26N4O/c1-2-24-18-7-6-16(15-17(18)20)8-10-22-11-13-23(14-12-22)19-5-3-4-9-21-19/h3-7,9,15H,2,8,10-14,20H2,1H3. The van der Waals surface area contributed by atoms with E-state index < -0.39 is 0 Å². The summed E-state index contributed by atoms with van der Waals surface area (Å²) in [6, 6.07) is 12.2. The minimum absolute atomic E-state index is 0.643. The van der Waals surface area contributed by atoms with Crippen molar-refractivity contribution in [2.24, 2.45) is 0 Å². The predicted octanol–water partition coefficient (Wildman–Crippen LogP) is 2.43. The van der Waals surface area contributed by atoms with Crippen LogP contribution in [0.5, 0.6) is 5.75 Å². The molecule has 0 aliphatic carbocycles. The minimum atomic E-state index is 0.643. The van der Waals surface area contributed by atoms with Crippen LogP contribution in [0.3, 0.4) is 0 Å². The van der Waals surface area contributed by atoms with Crippen LogP contribution < -0.4 is 15.4 Å². The summed E-state index contributed by atoms with van der Waals surface area (Å²) in [4.78, 5) is 9.29. The number of benzene rings is 1. The van der Waals surface area contributed by atoms with Gasteiger partial charge in [0.05, 0.1) is 12.3 Å². The second-order valence-electron chi connectivity index (χ2n) is 6.07. The summed E-state index contributed by atoms with van der Waals surface area (Å²) >= 11 is 0. The molecule has 1 aliphatic heterocycles. The third-order valence-corrected chi connectivity index (χ3v) is 4.44.